The summed E-state index contributed by atoms with van der Waals surface area (Å²) in [5, 5.41) is 0. The van der Waals surface area contributed by atoms with E-state index in [9.17, 15) is 0 Å². The topological polar surface area (TPSA) is 61.0 Å². The Morgan fingerprint density at radius 3 is 2.81 bits per heavy atom. The number of hydrogen-bond acceptors (Lipinski definition) is 4. The molecule has 1 unspecified atom stereocenters. The molecule has 1 fully saturated rings. The molecule has 1 aliphatic rings. The molecule has 1 heterocycles. The number of aryl methyl sites for hydroxylation is 1. The molecule has 0 bridgehead atoms. The summed E-state index contributed by atoms with van der Waals surface area (Å²) < 4.78 is 5.49. The Hall–Kier alpha value is -1.00. The maximum absolute atomic E-state index is 5.55. The summed E-state index contributed by atoms with van der Waals surface area (Å²) in [6.07, 6.45) is 3.32. The average molecular weight is 221 g/mol. The van der Waals surface area contributed by atoms with Crippen molar-refractivity contribution < 1.29 is 4.74 Å². The highest BCUT2D eigenvalue weighted by Crippen LogP contribution is 2.41. The van der Waals surface area contributed by atoms with E-state index in [2.05, 4.69) is 9.97 Å². The molecule has 0 saturated heterocycles. The second-order valence-electron chi connectivity index (χ2n) is 4.39. The Kier molecular flexibility index (Phi) is 3.51. The molecule has 0 aromatic carbocycles. The Bertz CT molecular complexity index is 363. The summed E-state index contributed by atoms with van der Waals surface area (Å²) in [7, 11) is 1.73. The highest BCUT2D eigenvalue weighted by molar-refractivity contribution is 5.13. The first-order valence-electron chi connectivity index (χ1n) is 5.82. The molecule has 4 heteroatoms. The van der Waals surface area contributed by atoms with Crippen LogP contribution in [0.15, 0.2) is 6.07 Å². The van der Waals surface area contributed by atoms with Crippen molar-refractivity contribution in [2.75, 3.05) is 13.7 Å². The van der Waals surface area contributed by atoms with Crippen LogP contribution in [0.2, 0.25) is 0 Å². The fourth-order valence-corrected chi connectivity index (χ4v) is 1.97. The molecule has 1 aliphatic carbocycles. The third kappa shape index (κ3) is 2.57. The van der Waals surface area contributed by atoms with Crippen molar-refractivity contribution in [2.45, 2.75) is 32.3 Å². The van der Waals surface area contributed by atoms with Gasteiger partial charge in [-0.15, -0.1) is 0 Å². The lowest BCUT2D eigenvalue weighted by Crippen LogP contribution is -2.13. The number of nitrogens with two attached hydrogens (primary N) is 1. The molecule has 1 aromatic heterocycles. The van der Waals surface area contributed by atoms with Crippen molar-refractivity contribution in [2.24, 2.45) is 11.7 Å². The van der Waals surface area contributed by atoms with Gasteiger partial charge in [0.2, 0.25) is 0 Å². The van der Waals surface area contributed by atoms with E-state index < -0.39 is 0 Å². The minimum atomic E-state index is 0.0661. The zero-order chi connectivity index (χ0) is 11.5. The van der Waals surface area contributed by atoms with E-state index in [1.165, 1.54) is 12.8 Å². The Morgan fingerprint density at radius 2 is 2.25 bits per heavy atom. The number of methoxy groups -OCH3 is 1. The van der Waals surface area contributed by atoms with Gasteiger partial charge in [-0.05, 0) is 38.3 Å². The van der Waals surface area contributed by atoms with Crippen LogP contribution in [0.3, 0.4) is 0 Å². The molecule has 4 nitrogen and oxygen atoms in total. The number of rotatable bonds is 5. The van der Waals surface area contributed by atoms with Crippen LogP contribution in [0.4, 0.5) is 0 Å². The van der Waals surface area contributed by atoms with Crippen LogP contribution in [-0.4, -0.2) is 23.6 Å². The van der Waals surface area contributed by atoms with Gasteiger partial charge in [0.25, 0.3) is 0 Å². The molecule has 1 saturated carbocycles. The van der Waals surface area contributed by atoms with Gasteiger partial charge < -0.3 is 10.5 Å². The van der Waals surface area contributed by atoms with Gasteiger partial charge in [0.1, 0.15) is 6.10 Å². The van der Waals surface area contributed by atoms with Gasteiger partial charge in [0.05, 0.1) is 0 Å². The van der Waals surface area contributed by atoms with Gasteiger partial charge in [-0.3, -0.25) is 0 Å². The summed E-state index contributed by atoms with van der Waals surface area (Å²) in [4.78, 5) is 9.01. The van der Waals surface area contributed by atoms with Gasteiger partial charge in [-0.2, -0.15) is 0 Å². The summed E-state index contributed by atoms with van der Waals surface area (Å²) in [6, 6.07) is 2.00. The van der Waals surface area contributed by atoms with Gasteiger partial charge in [0, 0.05) is 24.9 Å². The van der Waals surface area contributed by atoms with Crippen molar-refractivity contribution >= 4 is 0 Å². The summed E-state index contributed by atoms with van der Waals surface area (Å²) >= 11 is 0. The smallest absolute Gasteiger partial charge is 0.157 e. The Balaban J connectivity index is 2.24. The third-order valence-corrected chi connectivity index (χ3v) is 2.88. The lowest BCUT2D eigenvalue weighted by atomic mass is 10.2. The molecule has 1 atom stereocenters. The highest BCUT2D eigenvalue weighted by atomic mass is 16.5. The molecule has 0 amide bonds. The first-order valence-corrected chi connectivity index (χ1v) is 5.82. The van der Waals surface area contributed by atoms with Gasteiger partial charge in [-0.25, -0.2) is 9.97 Å². The van der Waals surface area contributed by atoms with Crippen molar-refractivity contribution in [3.05, 3.63) is 23.3 Å². The standard InChI is InChI=1S/C12H19N3O/c1-8-7-10(5-6-13)15-12(14-8)11(16-2)9-3-4-9/h7,9,11H,3-6,13H2,1-2H3. The fraction of sp³-hybridized carbons (Fsp3) is 0.667. The van der Waals surface area contributed by atoms with E-state index in [0.717, 1.165) is 23.6 Å². The molecular weight excluding hydrogens is 202 g/mol. The van der Waals surface area contributed by atoms with Crippen LogP contribution < -0.4 is 5.73 Å². The predicted molar refractivity (Wildman–Crippen MR) is 62.0 cm³/mol. The first-order chi connectivity index (χ1) is 7.74. The Morgan fingerprint density at radius 1 is 1.50 bits per heavy atom. The molecule has 1 aromatic rings. The molecule has 0 radical (unpaired) electrons. The summed E-state index contributed by atoms with van der Waals surface area (Å²) in [5.41, 5.74) is 7.57. The van der Waals surface area contributed by atoms with Crippen LogP contribution in [0.5, 0.6) is 0 Å². The summed E-state index contributed by atoms with van der Waals surface area (Å²) in [5.74, 6) is 1.44. The molecule has 88 valence electrons. The lowest BCUT2D eigenvalue weighted by Gasteiger charge is -2.14. The summed E-state index contributed by atoms with van der Waals surface area (Å²) in [6.45, 7) is 2.61. The second-order valence-corrected chi connectivity index (χ2v) is 4.39. The van der Waals surface area contributed by atoms with Crippen molar-refractivity contribution in [1.29, 1.82) is 0 Å². The van der Waals surface area contributed by atoms with Crippen LogP contribution in [0.1, 0.15) is 36.2 Å². The molecule has 16 heavy (non-hydrogen) atoms. The monoisotopic (exact) mass is 221 g/mol. The number of aromatic nitrogens is 2. The van der Waals surface area contributed by atoms with Crippen LogP contribution in [0.25, 0.3) is 0 Å². The van der Waals surface area contributed by atoms with Gasteiger partial charge >= 0.3 is 0 Å². The van der Waals surface area contributed by atoms with Gasteiger partial charge in [0.15, 0.2) is 5.82 Å². The number of nitrogens with zero attached hydrogens (tertiary/aromatic N) is 2. The van der Waals surface area contributed by atoms with Gasteiger partial charge in [-0.1, -0.05) is 0 Å². The normalized spacial score (nSPS) is 17.4. The van der Waals surface area contributed by atoms with Crippen LogP contribution in [0, 0.1) is 12.8 Å². The maximum Gasteiger partial charge on any atom is 0.157 e. The number of hydrogen-bond donors (Lipinski definition) is 1. The molecule has 0 spiro atoms. The van der Waals surface area contributed by atoms with E-state index in [1.807, 2.05) is 13.0 Å². The van der Waals surface area contributed by atoms with Crippen LogP contribution in [-0.2, 0) is 11.2 Å². The highest BCUT2D eigenvalue weighted by Gasteiger charge is 2.34. The van der Waals surface area contributed by atoms with E-state index in [-0.39, 0.29) is 6.10 Å². The molecular formula is C12H19N3O. The van der Waals surface area contributed by atoms with Crippen molar-refractivity contribution in [3.8, 4) is 0 Å². The van der Waals surface area contributed by atoms with E-state index in [4.69, 9.17) is 10.5 Å². The molecule has 2 rings (SSSR count). The molecule has 2 N–H and O–H groups in total. The SMILES string of the molecule is COC(c1nc(C)cc(CCN)n1)C1CC1. The second kappa shape index (κ2) is 4.89. The first kappa shape index (κ1) is 11.5. The number of ether oxygens (including phenoxy) is 1. The lowest BCUT2D eigenvalue weighted by molar-refractivity contribution is 0.0768. The largest absolute Gasteiger partial charge is 0.373 e. The van der Waals surface area contributed by atoms with E-state index in [0.29, 0.717) is 12.5 Å². The quantitative estimate of drug-likeness (QED) is 0.816. The van der Waals surface area contributed by atoms with E-state index >= 15 is 0 Å². The van der Waals surface area contributed by atoms with E-state index in [1.54, 1.807) is 7.11 Å². The van der Waals surface area contributed by atoms with Crippen molar-refractivity contribution in [3.63, 3.8) is 0 Å². The fourth-order valence-electron chi connectivity index (χ4n) is 1.97. The molecule has 0 aliphatic heterocycles. The minimum Gasteiger partial charge on any atom is -0.373 e. The van der Waals surface area contributed by atoms with Crippen LogP contribution >= 0.6 is 0 Å². The average Bonchev–Trinajstić information content (AvgIpc) is 3.03. The minimum absolute atomic E-state index is 0.0661. The van der Waals surface area contributed by atoms with Crippen molar-refractivity contribution in [1.82, 2.24) is 9.97 Å². The predicted octanol–water partition coefficient (Wildman–Crippen LogP) is 1.38. The Labute approximate surface area is 96.2 Å². The maximum atomic E-state index is 5.55. The zero-order valence-electron chi connectivity index (χ0n) is 9.94. The zero-order valence-corrected chi connectivity index (χ0v) is 9.94. The third-order valence-electron chi connectivity index (χ3n) is 2.88.